The van der Waals surface area contributed by atoms with Crippen LogP contribution in [0.5, 0.6) is 0 Å². The number of nitrogens with zero attached hydrogens (tertiary/aromatic N) is 3. The molecule has 2 rings (SSSR count). The van der Waals surface area contributed by atoms with E-state index in [0.29, 0.717) is 5.95 Å². The van der Waals surface area contributed by atoms with Gasteiger partial charge < -0.3 is 11.1 Å². The largest absolute Gasteiger partial charge is 0.367 e. The molecule has 0 saturated carbocycles. The van der Waals surface area contributed by atoms with Crippen LogP contribution in [-0.4, -0.2) is 14.3 Å². The maximum atomic E-state index is 5.40. The monoisotopic (exact) mass is 227 g/mol. The molecule has 0 aliphatic rings. The van der Waals surface area contributed by atoms with E-state index in [1.165, 1.54) is 16.4 Å². The second-order valence-electron chi connectivity index (χ2n) is 2.67. The molecule has 0 aliphatic carbocycles. The average Bonchev–Trinajstić information content (AvgIpc) is 2.72. The molecular weight excluding hydrogens is 218 g/mol. The Morgan fingerprint density at radius 1 is 1.57 bits per heavy atom. The summed E-state index contributed by atoms with van der Waals surface area (Å²) in [5, 5.41) is 3.89. The summed E-state index contributed by atoms with van der Waals surface area (Å²) in [6.45, 7) is 2.72. The topological polar surface area (TPSA) is 76.7 Å². The molecule has 0 bridgehead atoms. The summed E-state index contributed by atoms with van der Waals surface area (Å²) in [6, 6.07) is 0. The molecule has 0 radical (unpaired) electrons. The van der Waals surface area contributed by atoms with Crippen LogP contribution in [-0.2, 0) is 6.54 Å². The fourth-order valence-electron chi connectivity index (χ4n) is 0.958. The predicted octanol–water partition coefficient (Wildman–Crippen LogP) is 1.50. The van der Waals surface area contributed by atoms with Crippen molar-refractivity contribution in [3.63, 3.8) is 0 Å². The lowest BCUT2D eigenvalue weighted by atomic mass is 10.4. The molecule has 0 saturated heterocycles. The maximum absolute atomic E-state index is 5.40. The summed E-state index contributed by atoms with van der Waals surface area (Å²) >= 11 is 2.89. The predicted molar refractivity (Wildman–Crippen MR) is 58.5 cm³/mol. The van der Waals surface area contributed by atoms with Crippen LogP contribution in [0.3, 0.4) is 0 Å². The number of hydrogen-bond donors (Lipinski definition) is 2. The normalized spacial score (nSPS) is 10.4. The van der Waals surface area contributed by atoms with Gasteiger partial charge in [0.1, 0.15) is 0 Å². The summed E-state index contributed by atoms with van der Waals surface area (Å²) in [6.07, 6.45) is 0. The molecule has 2 heterocycles. The third-order valence-electron chi connectivity index (χ3n) is 1.69. The highest BCUT2D eigenvalue weighted by atomic mass is 32.1. The van der Waals surface area contributed by atoms with E-state index in [0.717, 1.165) is 17.4 Å². The lowest BCUT2D eigenvalue weighted by Crippen LogP contribution is -1.98. The minimum Gasteiger partial charge on any atom is -0.367 e. The summed E-state index contributed by atoms with van der Waals surface area (Å²) in [5.41, 5.74) is 8.29. The second-order valence-corrected chi connectivity index (χ2v) is 4.36. The first kappa shape index (κ1) is 9.35. The van der Waals surface area contributed by atoms with Gasteiger partial charge in [-0.15, -0.1) is 11.3 Å². The summed E-state index contributed by atoms with van der Waals surface area (Å²) < 4.78 is 3.87. The van der Waals surface area contributed by atoms with E-state index in [2.05, 4.69) is 19.7 Å². The van der Waals surface area contributed by atoms with Gasteiger partial charge in [0.25, 0.3) is 0 Å². The van der Waals surface area contributed by atoms with Gasteiger partial charge in [0, 0.05) is 16.4 Å². The number of thiazole rings is 1. The summed E-state index contributed by atoms with van der Waals surface area (Å²) in [4.78, 5) is 9.36. The summed E-state index contributed by atoms with van der Waals surface area (Å²) in [7, 11) is 0. The van der Waals surface area contributed by atoms with Crippen molar-refractivity contribution >= 4 is 33.9 Å². The summed E-state index contributed by atoms with van der Waals surface area (Å²) in [5.74, 6) is 0.318. The fraction of sp³-hybridized carbons (Fsp3) is 0.286. The number of rotatable bonds is 3. The first-order valence-electron chi connectivity index (χ1n) is 3.97. The highest BCUT2D eigenvalue weighted by molar-refractivity contribution is 7.10. The molecule has 0 atom stereocenters. The number of anilines is 2. The van der Waals surface area contributed by atoms with Gasteiger partial charge >= 0.3 is 0 Å². The Bertz CT molecular complexity index is 421. The van der Waals surface area contributed by atoms with Crippen molar-refractivity contribution in [2.45, 2.75) is 13.5 Å². The van der Waals surface area contributed by atoms with E-state index in [-0.39, 0.29) is 0 Å². The van der Waals surface area contributed by atoms with Gasteiger partial charge in [-0.3, -0.25) is 0 Å². The zero-order chi connectivity index (χ0) is 9.97. The molecule has 0 amide bonds. The number of nitrogens with one attached hydrogen (secondary N) is 1. The third-order valence-corrected chi connectivity index (χ3v) is 3.31. The minimum atomic E-state index is 0.318. The average molecular weight is 227 g/mol. The molecule has 0 fully saturated rings. The Balaban J connectivity index is 1.98. The number of aryl methyl sites for hydroxylation is 1. The van der Waals surface area contributed by atoms with Crippen LogP contribution in [0.4, 0.5) is 11.1 Å². The maximum Gasteiger partial charge on any atom is 0.233 e. The van der Waals surface area contributed by atoms with Crippen molar-refractivity contribution in [1.82, 2.24) is 14.3 Å². The van der Waals surface area contributed by atoms with Crippen LogP contribution >= 0.6 is 22.9 Å². The molecule has 0 aromatic carbocycles. The Hall–Kier alpha value is -1.21. The Labute approximate surface area is 89.2 Å². The van der Waals surface area contributed by atoms with Gasteiger partial charge in [0.2, 0.25) is 11.1 Å². The van der Waals surface area contributed by atoms with E-state index < -0.39 is 0 Å². The molecule has 2 aromatic rings. The first-order chi connectivity index (χ1) is 6.75. The SMILES string of the molecule is Cc1ncsc1CNc1nc(N)ns1. The first-order valence-corrected chi connectivity index (χ1v) is 5.63. The van der Waals surface area contributed by atoms with Gasteiger partial charge in [-0.05, 0) is 6.92 Å². The van der Waals surface area contributed by atoms with Crippen LogP contribution in [0.15, 0.2) is 5.51 Å². The molecule has 0 aliphatic heterocycles. The lowest BCUT2D eigenvalue weighted by Gasteiger charge is -1.98. The Kier molecular flexibility index (Phi) is 2.60. The van der Waals surface area contributed by atoms with Gasteiger partial charge in [-0.2, -0.15) is 9.36 Å². The van der Waals surface area contributed by atoms with E-state index in [9.17, 15) is 0 Å². The Morgan fingerprint density at radius 2 is 2.43 bits per heavy atom. The van der Waals surface area contributed by atoms with Crippen molar-refractivity contribution in [1.29, 1.82) is 0 Å². The van der Waals surface area contributed by atoms with E-state index in [1.54, 1.807) is 11.3 Å². The molecule has 7 heteroatoms. The Morgan fingerprint density at radius 3 is 3.00 bits per heavy atom. The minimum absolute atomic E-state index is 0.318. The van der Waals surface area contributed by atoms with Gasteiger partial charge in [-0.25, -0.2) is 4.98 Å². The molecule has 0 spiro atoms. The van der Waals surface area contributed by atoms with Crippen molar-refractivity contribution in [3.05, 3.63) is 16.1 Å². The smallest absolute Gasteiger partial charge is 0.233 e. The number of nitrogens with two attached hydrogens (primary N) is 1. The van der Waals surface area contributed by atoms with Crippen molar-refractivity contribution in [2.75, 3.05) is 11.1 Å². The number of nitrogen functional groups attached to an aromatic ring is 1. The van der Waals surface area contributed by atoms with Crippen molar-refractivity contribution < 1.29 is 0 Å². The van der Waals surface area contributed by atoms with E-state index in [4.69, 9.17) is 5.73 Å². The zero-order valence-corrected chi connectivity index (χ0v) is 9.15. The fourth-order valence-corrected chi connectivity index (χ4v) is 2.17. The van der Waals surface area contributed by atoms with Crippen LogP contribution in [0, 0.1) is 6.92 Å². The van der Waals surface area contributed by atoms with Crippen LogP contribution < -0.4 is 11.1 Å². The highest BCUT2D eigenvalue weighted by Crippen LogP contribution is 2.16. The highest BCUT2D eigenvalue weighted by Gasteiger charge is 2.03. The van der Waals surface area contributed by atoms with Crippen LogP contribution in [0.2, 0.25) is 0 Å². The lowest BCUT2D eigenvalue weighted by molar-refractivity contribution is 1.11. The van der Waals surface area contributed by atoms with Gasteiger partial charge in [0.15, 0.2) is 0 Å². The van der Waals surface area contributed by atoms with E-state index >= 15 is 0 Å². The number of aromatic nitrogens is 3. The van der Waals surface area contributed by atoms with Crippen LogP contribution in [0.1, 0.15) is 10.6 Å². The molecular formula is C7H9N5S2. The second kappa shape index (κ2) is 3.89. The van der Waals surface area contributed by atoms with Gasteiger partial charge in [-0.1, -0.05) is 0 Å². The molecule has 3 N–H and O–H groups in total. The molecule has 2 aromatic heterocycles. The zero-order valence-electron chi connectivity index (χ0n) is 7.52. The molecule has 5 nitrogen and oxygen atoms in total. The molecule has 0 unspecified atom stereocenters. The van der Waals surface area contributed by atoms with Gasteiger partial charge in [0.05, 0.1) is 17.7 Å². The molecule has 74 valence electrons. The van der Waals surface area contributed by atoms with Crippen molar-refractivity contribution in [3.8, 4) is 0 Å². The third kappa shape index (κ3) is 1.99. The standard InChI is InChI=1S/C7H9N5S2/c1-4-5(13-3-10-4)2-9-7-11-6(8)12-14-7/h3H,2H2,1H3,(H3,8,9,11,12). The van der Waals surface area contributed by atoms with Crippen LogP contribution in [0.25, 0.3) is 0 Å². The molecule has 14 heavy (non-hydrogen) atoms. The number of hydrogen-bond acceptors (Lipinski definition) is 7. The quantitative estimate of drug-likeness (QED) is 0.831. The van der Waals surface area contributed by atoms with E-state index in [1.807, 2.05) is 12.4 Å². The van der Waals surface area contributed by atoms with Crippen molar-refractivity contribution in [2.24, 2.45) is 0 Å².